The number of carbonyl (C=O) groups excluding carboxylic acids is 1. The highest BCUT2D eigenvalue weighted by molar-refractivity contribution is 5.83. The van der Waals surface area contributed by atoms with Gasteiger partial charge < -0.3 is 10.0 Å². The van der Waals surface area contributed by atoms with Crippen LogP contribution < -0.4 is 0 Å². The lowest BCUT2D eigenvalue weighted by molar-refractivity contribution is -0.161. The molecule has 8 heteroatoms. The summed E-state index contributed by atoms with van der Waals surface area (Å²) in [5.41, 5.74) is 0.958. The number of amides is 1. The maximum Gasteiger partial charge on any atom is 0.347 e. The summed E-state index contributed by atoms with van der Waals surface area (Å²) in [6.45, 7) is 0.850. The number of rotatable bonds is 4. The molecule has 1 amide bonds. The molecule has 1 aliphatic heterocycles. The third kappa shape index (κ3) is 3.08. The Bertz CT molecular complexity index is 572. The topological polar surface area (TPSA) is 71.2 Å². The van der Waals surface area contributed by atoms with E-state index in [1.807, 2.05) is 13.1 Å². The van der Waals surface area contributed by atoms with Crippen molar-refractivity contribution in [3.05, 3.63) is 11.9 Å². The SMILES string of the molecule is C[C@@H]1CN(C(=O)C(F)(F)CO)C[C@@H]1n1cc(C2CCCC2)nn1. The molecule has 1 aliphatic carbocycles. The molecule has 1 aromatic heterocycles. The molecule has 2 atom stereocenters. The number of aliphatic hydroxyl groups is 1. The maximum absolute atomic E-state index is 13.4. The number of hydrogen-bond donors (Lipinski definition) is 1. The van der Waals surface area contributed by atoms with Crippen LogP contribution in [0.2, 0.25) is 0 Å². The van der Waals surface area contributed by atoms with Crippen LogP contribution in [0.25, 0.3) is 0 Å². The largest absolute Gasteiger partial charge is 0.390 e. The minimum Gasteiger partial charge on any atom is -0.390 e. The monoisotopic (exact) mass is 328 g/mol. The lowest BCUT2D eigenvalue weighted by Crippen LogP contribution is -2.44. The van der Waals surface area contributed by atoms with E-state index in [-0.39, 0.29) is 25.0 Å². The first-order valence-corrected chi connectivity index (χ1v) is 8.12. The molecule has 0 unspecified atom stereocenters. The van der Waals surface area contributed by atoms with Gasteiger partial charge in [0, 0.05) is 25.2 Å². The molecular formula is C15H22F2N4O2. The number of carbonyl (C=O) groups is 1. The van der Waals surface area contributed by atoms with E-state index in [0.717, 1.165) is 23.4 Å². The summed E-state index contributed by atoms with van der Waals surface area (Å²) in [5, 5.41) is 17.1. The van der Waals surface area contributed by atoms with Crippen LogP contribution in [-0.2, 0) is 4.79 Å². The van der Waals surface area contributed by atoms with Gasteiger partial charge in [-0.05, 0) is 18.8 Å². The molecule has 1 aromatic rings. The van der Waals surface area contributed by atoms with Gasteiger partial charge in [-0.3, -0.25) is 4.79 Å². The van der Waals surface area contributed by atoms with E-state index in [1.165, 1.54) is 12.8 Å². The molecular weight excluding hydrogens is 306 g/mol. The number of hydrogen-bond acceptors (Lipinski definition) is 4. The van der Waals surface area contributed by atoms with Gasteiger partial charge in [0.05, 0.1) is 11.7 Å². The standard InChI is InChI=1S/C15H22F2N4O2/c1-10-6-20(14(23)15(16,17)9-22)8-13(10)21-7-12(18-19-21)11-4-2-3-5-11/h7,10-11,13,22H,2-6,8-9H2,1H3/t10-,13+/m1/s1. The molecule has 2 aliphatic rings. The van der Waals surface area contributed by atoms with E-state index in [1.54, 1.807) is 4.68 Å². The maximum atomic E-state index is 13.4. The average molecular weight is 328 g/mol. The third-order valence-corrected chi connectivity index (χ3v) is 5.01. The molecule has 23 heavy (non-hydrogen) atoms. The number of halogens is 2. The van der Waals surface area contributed by atoms with Crippen molar-refractivity contribution >= 4 is 5.91 Å². The van der Waals surface area contributed by atoms with E-state index < -0.39 is 18.4 Å². The van der Waals surface area contributed by atoms with E-state index in [0.29, 0.717) is 5.92 Å². The fraction of sp³-hybridized carbons (Fsp3) is 0.800. The van der Waals surface area contributed by atoms with Crippen molar-refractivity contribution in [2.45, 2.75) is 50.5 Å². The van der Waals surface area contributed by atoms with E-state index in [9.17, 15) is 13.6 Å². The van der Waals surface area contributed by atoms with E-state index >= 15 is 0 Å². The second kappa shape index (κ2) is 6.14. The summed E-state index contributed by atoms with van der Waals surface area (Å²) < 4.78 is 28.5. The summed E-state index contributed by atoms with van der Waals surface area (Å²) in [6, 6.07) is -0.156. The summed E-state index contributed by atoms with van der Waals surface area (Å²) >= 11 is 0. The van der Waals surface area contributed by atoms with Gasteiger partial charge in [0.15, 0.2) is 0 Å². The quantitative estimate of drug-likeness (QED) is 0.911. The van der Waals surface area contributed by atoms with Crippen molar-refractivity contribution in [2.24, 2.45) is 5.92 Å². The van der Waals surface area contributed by atoms with Crippen LogP contribution in [0.15, 0.2) is 6.20 Å². The van der Waals surface area contributed by atoms with E-state index in [4.69, 9.17) is 5.11 Å². The normalized spacial score (nSPS) is 26.2. The smallest absolute Gasteiger partial charge is 0.347 e. The Labute approximate surface area is 133 Å². The van der Waals surface area contributed by atoms with Crippen LogP contribution in [0.3, 0.4) is 0 Å². The van der Waals surface area contributed by atoms with Crippen molar-refractivity contribution in [1.29, 1.82) is 0 Å². The second-order valence-corrected chi connectivity index (χ2v) is 6.72. The molecule has 0 radical (unpaired) electrons. The zero-order valence-corrected chi connectivity index (χ0v) is 13.2. The lowest BCUT2D eigenvalue weighted by Gasteiger charge is -2.21. The molecule has 1 N–H and O–H groups in total. The van der Waals surface area contributed by atoms with Crippen molar-refractivity contribution in [2.75, 3.05) is 19.7 Å². The Morgan fingerprint density at radius 3 is 2.74 bits per heavy atom. The number of likely N-dealkylation sites (tertiary alicyclic amines) is 1. The minimum absolute atomic E-state index is 0.00608. The van der Waals surface area contributed by atoms with Gasteiger partial charge in [0.2, 0.25) is 0 Å². The van der Waals surface area contributed by atoms with Crippen LogP contribution in [0, 0.1) is 5.92 Å². The van der Waals surface area contributed by atoms with Gasteiger partial charge in [-0.1, -0.05) is 25.0 Å². The van der Waals surface area contributed by atoms with Crippen molar-refractivity contribution in [3.63, 3.8) is 0 Å². The Morgan fingerprint density at radius 2 is 2.09 bits per heavy atom. The highest BCUT2D eigenvalue weighted by Gasteiger charge is 2.45. The Balaban J connectivity index is 1.70. The number of aliphatic hydroxyl groups excluding tert-OH is 1. The molecule has 0 bridgehead atoms. The van der Waals surface area contributed by atoms with Gasteiger partial charge in [-0.25, -0.2) is 4.68 Å². The number of aromatic nitrogens is 3. The van der Waals surface area contributed by atoms with Crippen molar-refractivity contribution < 1.29 is 18.7 Å². The zero-order valence-electron chi connectivity index (χ0n) is 13.2. The fourth-order valence-electron chi connectivity index (χ4n) is 3.62. The minimum atomic E-state index is -3.72. The first kappa shape index (κ1) is 16.3. The van der Waals surface area contributed by atoms with Gasteiger partial charge in [0.1, 0.15) is 6.61 Å². The molecule has 1 saturated heterocycles. The molecule has 128 valence electrons. The van der Waals surface area contributed by atoms with Crippen LogP contribution in [0.4, 0.5) is 8.78 Å². The van der Waals surface area contributed by atoms with Crippen LogP contribution in [-0.4, -0.2) is 56.5 Å². The second-order valence-electron chi connectivity index (χ2n) is 6.72. The molecule has 0 aromatic carbocycles. The Morgan fingerprint density at radius 1 is 1.39 bits per heavy atom. The lowest BCUT2D eigenvalue weighted by atomic mass is 10.0. The average Bonchev–Trinajstić information content (AvgIpc) is 3.25. The zero-order chi connectivity index (χ0) is 16.6. The predicted octanol–water partition coefficient (Wildman–Crippen LogP) is 1.58. The summed E-state index contributed by atoms with van der Waals surface area (Å²) in [5.74, 6) is -4.58. The molecule has 1 saturated carbocycles. The van der Waals surface area contributed by atoms with Gasteiger partial charge in [-0.2, -0.15) is 8.78 Å². The number of alkyl halides is 2. The summed E-state index contributed by atoms with van der Waals surface area (Å²) in [6.07, 6.45) is 6.54. The van der Waals surface area contributed by atoms with Crippen LogP contribution in [0.5, 0.6) is 0 Å². The predicted molar refractivity (Wildman–Crippen MR) is 78.0 cm³/mol. The highest BCUT2D eigenvalue weighted by atomic mass is 19.3. The first-order chi connectivity index (χ1) is 10.9. The molecule has 2 heterocycles. The third-order valence-electron chi connectivity index (χ3n) is 5.01. The Hall–Kier alpha value is -1.57. The molecule has 6 nitrogen and oxygen atoms in total. The molecule has 2 fully saturated rings. The van der Waals surface area contributed by atoms with Gasteiger partial charge in [-0.15, -0.1) is 5.10 Å². The van der Waals surface area contributed by atoms with Gasteiger partial charge >= 0.3 is 5.92 Å². The molecule has 0 spiro atoms. The molecule has 3 rings (SSSR count). The van der Waals surface area contributed by atoms with E-state index in [2.05, 4.69) is 10.3 Å². The first-order valence-electron chi connectivity index (χ1n) is 8.12. The van der Waals surface area contributed by atoms with Crippen LogP contribution >= 0.6 is 0 Å². The van der Waals surface area contributed by atoms with Crippen molar-refractivity contribution in [1.82, 2.24) is 19.9 Å². The Kier molecular flexibility index (Phi) is 4.35. The fourth-order valence-corrected chi connectivity index (χ4v) is 3.62. The van der Waals surface area contributed by atoms with Gasteiger partial charge in [0.25, 0.3) is 5.91 Å². The summed E-state index contributed by atoms with van der Waals surface area (Å²) in [4.78, 5) is 12.9. The van der Waals surface area contributed by atoms with Crippen molar-refractivity contribution in [3.8, 4) is 0 Å². The highest BCUT2D eigenvalue weighted by Crippen LogP contribution is 2.34. The number of nitrogens with zero attached hydrogens (tertiary/aromatic N) is 4. The van der Waals surface area contributed by atoms with Crippen LogP contribution in [0.1, 0.15) is 50.3 Å². The summed E-state index contributed by atoms with van der Waals surface area (Å²) in [7, 11) is 0.